The zero-order valence-electron chi connectivity index (χ0n) is 11.2. The summed E-state index contributed by atoms with van der Waals surface area (Å²) in [5.74, 6) is 1.04. The largest absolute Gasteiger partial charge is 0.486 e. The standard InChI is InChI=1S/C14H16O5/c1-13(14(2,19-13)12(15)16-3)9-4-5-10-11(8-9)18-7-6-17-10/h4-5,8H,6-7H2,1-3H3. The number of ether oxygens (including phenoxy) is 4. The van der Waals surface area contributed by atoms with Crippen LogP contribution in [-0.2, 0) is 19.9 Å². The second-order valence-corrected chi connectivity index (χ2v) is 5.02. The summed E-state index contributed by atoms with van der Waals surface area (Å²) >= 11 is 0. The molecule has 1 saturated heterocycles. The Hall–Kier alpha value is -1.75. The lowest BCUT2D eigenvalue weighted by atomic mass is 9.88. The van der Waals surface area contributed by atoms with Gasteiger partial charge in [-0.3, -0.25) is 0 Å². The van der Waals surface area contributed by atoms with Crippen LogP contribution >= 0.6 is 0 Å². The van der Waals surface area contributed by atoms with Gasteiger partial charge in [-0.1, -0.05) is 6.07 Å². The molecular weight excluding hydrogens is 248 g/mol. The van der Waals surface area contributed by atoms with Crippen LogP contribution in [-0.4, -0.2) is 31.9 Å². The highest BCUT2D eigenvalue weighted by atomic mass is 16.7. The number of carbonyl (C=O) groups excluding carboxylic acids is 1. The molecule has 0 N–H and O–H groups in total. The fourth-order valence-corrected chi connectivity index (χ4v) is 2.49. The Kier molecular flexibility index (Phi) is 2.50. The van der Waals surface area contributed by atoms with Crippen molar-refractivity contribution in [1.29, 1.82) is 0 Å². The summed E-state index contributed by atoms with van der Waals surface area (Å²) in [6.07, 6.45) is 0. The van der Waals surface area contributed by atoms with Crippen LogP contribution in [0, 0.1) is 0 Å². The van der Waals surface area contributed by atoms with E-state index < -0.39 is 11.2 Å². The van der Waals surface area contributed by atoms with Crippen LogP contribution in [0.2, 0.25) is 0 Å². The lowest BCUT2D eigenvalue weighted by Crippen LogP contribution is -2.29. The molecule has 102 valence electrons. The monoisotopic (exact) mass is 264 g/mol. The zero-order valence-corrected chi connectivity index (χ0v) is 11.2. The van der Waals surface area contributed by atoms with E-state index in [-0.39, 0.29) is 5.97 Å². The normalized spacial score (nSPS) is 31.7. The summed E-state index contributed by atoms with van der Waals surface area (Å²) in [7, 11) is 1.36. The topological polar surface area (TPSA) is 57.3 Å². The van der Waals surface area contributed by atoms with Gasteiger partial charge in [0, 0.05) is 0 Å². The van der Waals surface area contributed by atoms with Crippen molar-refractivity contribution >= 4 is 5.97 Å². The molecule has 5 nitrogen and oxygen atoms in total. The molecule has 2 unspecified atom stereocenters. The van der Waals surface area contributed by atoms with Crippen LogP contribution in [0.25, 0.3) is 0 Å². The van der Waals surface area contributed by atoms with Crippen molar-refractivity contribution in [3.63, 3.8) is 0 Å². The van der Waals surface area contributed by atoms with Crippen molar-refractivity contribution in [1.82, 2.24) is 0 Å². The summed E-state index contributed by atoms with van der Waals surface area (Å²) in [5, 5.41) is 0. The van der Waals surface area contributed by atoms with Crippen LogP contribution in [0.15, 0.2) is 18.2 Å². The lowest BCUT2D eigenvalue weighted by Gasteiger charge is -2.20. The van der Waals surface area contributed by atoms with Gasteiger partial charge in [0.05, 0.1) is 7.11 Å². The van der Waals surface area contributed by atoms with Gasteiger partial charge in [-0.05, 0) is 31.5 Å². The second kappa shape index (κ2) is 3.87. The SMILES string of the molecule is COC(=O)C1(C)OC1(C)c1ccc2c(c1)OCCO2. The van der Waals surface area contributed by atoms with Crippen molar-refractivity contribution in [3.8, 4) is 11.5 Å². The number of hydrogen-bond acceptors (Lipinski definition) is 5. The maximum atomic E-state index is 11.8. The van der Waals surface area contributed by atoms with E-state index in [1.54, 1.807) is 6.92 Å². The first kappa shape index (κ1) is 12.3. The number of carbonyl (C=O) groups is 1. The molecule has 3 rings (SSSR count). The third-order valence-electron chi connectivity index (χ3n) is 3.94. The third-order valence-corrected chi connectivity index (χ3v) is 3.94. The first-order valence-electron chi connectivity index (χ1n) is 6.20. The number of hydrogen-bond donors (Lipinski definition) is 0. The van der Waals surface area contributed by atoms with E-state index in [2.05, 4.69) is 0 Å². The quantitative estimate of drug-likeness (QED) is 0.600. The average molecular weight is 264 g/mol. The molecule has 2 aliphatic rings. The summed E-state index contributed by atoms with van der Waals surface area (Å²) in [6, 6.07) is 5.60. The lowest BCUT2D eigenvalue weighted by molar-refractivity contribution is -0.146. The molecule has 0 amide bonds. The van der Waals surface area contributed by atoms with Crippen molar-refractivity contribution in [2.75, 3.05) is 20.3 Å². The molecule has 0 radical (unpaired) electrons. The van der Waals surface area contributed by atoms with Crippen LogP contribution < -0.4 is 9.47 Å². The zero-order chi connectivity index (χ0) is 13.7. The van der Waals surface area contributed by atoms with E-state index in [1.165, 1.54) is 7.11 Å². The van der Waals surface area contributed by atoms with E-state index in [9.17, 15) is 4.79 Å². The molecule has 0 bridgehead atoms. The van der Waals surface area contributed by atoms with Gasteiger partial charge >= 0.3 is 5.97 Å². The Balaban J connectivity index is 1.94. The molecule has 19 heavy (non-hydrogen) atoms. The number of rotatable bonds is 2. The van der Waals surface area contributed by atoms with Crippen molar-refractivity contribution in [3.05, 3.63) is 23.8 Å². The van der Waals surface area contributed by atoms with Gasteiger partial charge in [-0.2, -0.15) is 0 Å². The van der Waals surface area contributed by atoms with Gasteiger partial charge in [-0.15, -0.1) is 0 Å². The van der Waals surface area contributed by atoms with Crippen molar-refractivity contribution in [2.45, 2.75) is 25.0 Å². The Morgan fingerprint density at radius 3 is 2.58 bits per heavy atom. The molecule has 2 aliphatic heterocycles. The van der Waals surface area contributed by atoms with Crippen LogP contribution in [0.3, 0.4) is 0 Å². The van der Waals surface area contributed by atoms with Gasteiger partial charge < -0.3 is 18.9 Å². The average Bonchev–Trinajstić information content (AvgIpc) is 3.02. The molecule has 2 heterocycles. The van der Waals surface area contributed by atoms with Gasteiger partial charge in [-0.25, -0.2) is 4.79 Å². The molecule has 2 atom stereocenters. The molecule has 1 aromatic carbocycles. The Bertz CT molecular complexity index is 541. The fourth-order valence-electron chi connectivity index (χ4n) is 2.49. The number of benzene rings is 1. The summed E-state index contributed by atoms with van der Waals surface area (Å²) in [4.78, 5) is 11.8. The highest BCUT2D eigenvalue weighted by Crippen LogP contribution is 2.56. The Labute approximate surface area is 111 Å². The first-order chi connectivity index (χ1) is 9.01. The smallest absolute Gasteiger partial charge is 0.341 e. The molecule has 1 aromatic rings. The predicted molar refractivity (Wildman–Crippen MR) is 66.3 cm³/mol. The van der Waals surface area contributed by atoms with E-state index in [0.29, 0.717) is 19.0 Å². The molecule has 5 heteroatoms. The Morgan fingerprint density at radius 2 is 1.89 bits per heavy atom. The fraction of sp³-hybridized carbons (Fsp3) is 0.500. The molecule has 0 aliphatic carbocycles. The van der Waals surface area contributed by atoms with E-state index >= 15 is 0 Å². The highest BCUT2D eigenvalue weighted by Gasteiger charge is 2.70. The number of fused-ring (bicyclic) bond motifs is 1. The third kappa shape index (κ3) is 1.61. The van der Waals surface area contributed by atoms with Crippen molar-refractivity contribution in [2.24, 2.45) is 0 Å². The van der Waals surface area contributed by atoms with Gasteiger partial charge in [0.15, 0.2) is 17.1 Å². The van der Waals surface area contributed by atoms with Gasteiger partial charge in [0.1, 0.15) is 18.8 Å². The summed E-state index contributed by atoms with van der Waals surface area (Å²) < 4.78 is 21.5. The number of methoxy groups -OCH3 is 1. The van der Waals surface area contributed by atoms with E-state index in [1.807, 2.05) is 25.1 Å². The molecule has 0 aromatic heterocycles. The minimum Gasteiger partial charge on any atom is -0.486 e. The second-order valence-electron chi connectivity index (χ2n) is 5.02. The summed E-state index contributed by atoms with van der Waals surface area (Å²) in [5.41, 5.74) is -0.744. The van der Waals surface area contributed by atoms with Crippen LogP contribution in [0.4, 0.5) is 0 Å². The predicted octanol–water partition coefficient (Wildman–Crippen LogP) is 1.63. The Morgan fingerprint density at radius 1 is 1.21 bits per heavy atom. The van der Waals surface area contributed by atoms with Gasteiger partial charge in [0.25, 0.3) is 0 Å². The van der Waals surface area contributed by atoms with Crippen LogP contribution in [0.1, 0.15) is 19.4 Å². The minimum atomic E-state index is -0.939. The maximum absolute atomic E-state index is 11.8. The molecular formula is C14H16O5. The highest BCUT2D eigenvalue weighted by molar-refractivity contribution is 5.84. The minimum absolute atomic E-state index is 0.370. The molecule has 1 fully saturated rings. The maximum Gasteiger partial charge on any atom is 0.341 e. The first-order valence-corrected chi connectivity index (χ1v) is 6.20. The van der Waals surface area contributed by atoms with E-state index in [4.69, 9.17) is 18.9 Å². The summed E-state index contributed by atoms with van der Waals surface area (Å²) in [6.45, 7) is 4.69. The van der Waals surface area contributed by atoms with E-state index in [0.717, 1.165) is 11.3 Å². The number of epoxide rings is 1. The molecule has 0 saturated carbocycles. The van der Waals surface area contributed by atoms with Crippen LogP contribution in [0.5, 0.6) is 11.5 Å². The number of esters is 1. The molecule has 0 spiro atoms. The van der Waals surface area contributed by atoms with Gasteiger partial charge in [0.2, 0.25) is 0 Å². The van der Waals surface area contributed by atoms with Crippen molar-refractivity contribution < 1.29 is 23.7 Å².